The molecular weight excluding hydrogens is 96.1 g/mol. The predicted molar refractivity (Wildman–Crippen MR) is 24.6 cm³/mol. The van der Waals surface area contributed by atoms with E-state index in [4.69, 9.17) is 1.37 Å². The fraction of sp³-hybridized carbons (Fsp3) is 0.333. The van der Waals surface area contributed by atoms with Gasteiger partial charge in [0.15, 0.2) is 0 Å². The number of nitrogens with zero attached hydrogens (tertiary/aromatic N) is 2. The smallest absolute Gasteiger partial charge is 0.0872 e. The van der Waals surface area contributed by atoms with E-state index < -0.39 is 0 Å². The van der Waals surface area contributed by atoms with Gasteiger partial charge in [0.25, 0.3) is 0 Å². The van der Waals surface area contributed by atoms with Gasteiger partial charge in [-0.15, -0.1) is 5.10 Å². The summed E-state index contributed by atoms with van der Waals surface area (Å²) in [6, 6.07) is 0. The van der Waals surface area contributed by atoms with Gasteiger partial charge >= 0.3 is 0 Å². The van der Waals surface area contributed by atoms with E-state index in [2.05, 4.69) is 9.59 Å². The highest BCUT2D eigenvalue weighted by atomic mass is 32.1. The molecule has 0 bridgehead atoms. The molecule has 0 N–H and O–H groups in total. The van der Waals surface area contributed by atoms with Crippen molar-refractivity contribution in [3.8, 4) is 0 Å². The third kappa shape index (κ3) is 0.542. The third-order valence-corrected chi connectivity index (χ3v) is 0.954. The van der Waals surface area contributed by atoms with Crippen molar-refractivity contribution >= 4 is 11.5 Å². The molecule has 6 heavy (non-hydrogen) atoms. The first-order valence-electron chi connectivity index (χ1n) is 2.06. The standard InChI is InChI=1S/C3H4N2S/c1-3-2-4-5-6-3/h2H,1H3/i2T. The topological polar surface area (TPSA) is 25.8 Å². The van der Waals surface area contributed by atoms with E-state index in [1.54, 1.807) is 0 Å². The van der Waals surface area contributed by atoms with E-state index in [0.717, 1.165) is 4.88 Å². The molecular formula is C3H4N2S. The first kappa shape index (κ1) is 2.69. The van der Waals surface area contributed by atoms with Crippen molar-refractivity contribution in [1.29, 1.82) is 0 Å². The second-order valence-corrected chi connectivity index (χ2v) is 1.90. The number of hydrogen-bond acceptors (Lipinski definition) is 3. The summed E-state index contributed by atoms with van der Waals surface area (Å²) in [5, 5.41) is 3.45. The minimum atomic E-state index is 0.296. The summed E-state index contributed by atoms with van der Waals surface area (Å²) >= 11 is 1.26. The molecule has 0 atom stereocenters. The van der Waals surface area contributed by atoms with Crippen LogP contribution in [-0.2, 0) is 0 Å². The summed E-state index contributed by atoms with van der Waals surface area (Å²) in [4.78, 5) is 0.875. The van der Waals surface area contributed by atoms with Crippen molar-refractivity contribution in [2.45, 2.75) is 6.92 Å². The van der Waals surface area contributed by atoms with E-state index >= 15 is 0 Å². The van der Waals surface area contributed by atoms with Crippen LogP contribution in [0.15, 0.2) is 6.17 Å². The van der Waals surface area contributed by atoms with Gasteiger partial charge in [0.2, 0.25) is 0 Å². The van der Waals surface area contributed by atoms with E-state index in [1.165, 1.54) is 11.5 Å². The second-order valence-electron chi connectivity index (χ2n) is 0.941. The second kappa shape index (κ2) is 1.34. The van der Waals surface area contributed by atoms with Gasteiger partial charge in [-0.2, -0.15) is 0 Å². The van der Waals surface area contributed by atoms with Crippen LogP contribution in [0.25, 0.3) is 0 Å². The molecule has 0 saturated heterocycles. The number of aromatic nitrogens is 2. The Labute approximate surface area is 41.4 Å². The highest BCUT2D eigenvalue weighted by molar-refractivity contribution is 7.05. The summed E-state index contributed by atoms with van der Waals surface area (Å²) in [6.07, 6.45) is 0.296. The fourth-order valence-corrected chi connectivity index (χ4v) is 0.479. The maximum absolute atomic E-state index is 6.94. The quantitative estimate of drug-likeness (QED) is 0.485. The Kier molecular flexibility index (Phi) is 0.601. The lowest BCUT2D eigenvalue weighted by molar-refractivity contribution is 1.15. The Hall–Kier alpha value is -0.440. The molecule has 1 aromatic heterocycles. The van der Waals surface area contributed by atoms with Crippen molar-refractivity contribution in [1.82, 2.24) is 9.59 Å². The molecule has 0 unspecified atom stereocenters. The van der Waals surface area contributed by atoms with E-state index in [-0.39, 0.29) is 0 Å². The van der Waals surface area contributed by atoms with Crippen molar-refractivity contribution in [2.24, 2.45) is 0 Å². The monoisotopic (exact) mass is 102 g/mol. The van der Waals surface area contributed by atoms with Crippen LogP contribution in [0.1, 0.15) is 6.25 Å². The average Bonchev–Trinajstić information content (AvgIpc) is 1.91. The highest BCUT2D eigenvalue weighted by Gasteiger charge is 1.78. The summed E-state index contributed by atoms with van der Waals surface area (Å²) in [5.74, 6) is 0. The summed E-state index contributed by atoms with van der Waals surface area (Å²) in [7, 11) is 0. The Morgan fingerprint density at radius 2 is 3.00 bits per heavy atom. The largest absolute Gasteiger partial charge is 0.146 e. The molecule has 0 aliphatic carbocycles. The summed E-state index contributed by atoms with van der Waals surface area (Å²) < 4.78 is 10.5. The van der Waals surface area contributed by atoms with Crippen LogP contribution in [0.2, 0.25) is 0 Å². The lowest BCUT2D eigenvalue weighted by Crippen LogP contribution is -1.52. The van der Waals surface area contributed by atoms with Crippen LogP contribution in [0, 0.1) is 6.92 Å². The van der Waals surface area contributed by atoms with Crippen LogP contribution in [0.5, 0.6) is 0 Å². The van der Waals surface area contributed by atoms with Crippen molar-refractivity contribution in [3.05, 3.63) is 11.1 Å². The maximum atomic E-state index is 6.94. The molecule has 0 amide bonds. The zero-order valence-electron chi connectivity index (χ0n) is 4.30. The lowest BCUT2D eigenvalue weighted by atomic mass is 10.7. The van der Waals surface area contributed by atoms with Crippen LogP contribution in [0.3, 0.4) is 0 Å². The SMILES string of the molecule is [3H]c1nnsc1C. The minimum Gasteiger partial charge on any atom is -0.146 e. The molecule has 32 valence electrons. The van der Waals surface area contributed by atoms with Gasteiger partial charge in [0.05, 0.1) is 7.54 Å². The number of aryl methyl sites for hydroxylation is 1. The predicted octanol–water partition coefficient (Wildman–Crippen LogP) is 0.847. The summed E-state index contributed by atoms with van der Waals surface area (Å²) in [6.45, 7) is 1.83. The molecule has 1 heterocycles. The zero-order chi connectivity index (χ0) is 5.28. The average molecular weight is 102 g/mol. The molecule has 0 radical (unpaired) electrons. The lowest BCUT2D eigenvalue weighted by Gasteiger charge is -1.60. The molecule has 0 spiro atoms. The molecule has 0 saturated carbocycles. The normalized spacial score (nSPS) is 11.2. The molecule has 3 heteroatoms. The molecule has 1 aromatic rings. The first-order chi connectivity index (χ1) is 3.30. The fourth-order valence-electron chi connectivity index (χ4n) is 0.193. The number of hydrogen-bond donors (Lipinski definition) is 0. The van der Waals surface area contributed by atoms with Gasteiger partial charge in [0, 0.05) is 4.88 Å². The highest BCUT2D eigenvalue weighted by Crippen LogP contribution is 1.94. The maximum Gasteiger partial charge on any atom is 0.0872 e. The van der Waals surface area contributed by atoms with Crippen LogP contribution < -0.4 is 0 Å². The van der Waals surface area contributed by atoms with Crippen LogP contribution >= 0.6 is 11.5 Å². The van der Waals surface area contributed by atoms with E-state index in [9.17, 15) is 0 Å². The van der Waals surface area contributed by atoms with Crippen molar-refractivity contribution in [3.63, 3.8) is 0 Å². The van der Waals surface area contributed by atoms with Crippen LogP contribution in [0.4, 0.5) is 0 Å². The molecule has 1 rings (SSSR count). The Balaban J connectivity index is 3.12. The van der Waals surface area contributed by atoms with E-state index in [0.29, 0.717) is 6.17 Å². The molecule has 0 aliphatic heterocycles. The number of rotatable bonds is 0. The molecule has 2 nitrogen and oxygen atoms in total. The van der Waals surface area contributed by atoms with Gasteiger partial charge in [-0.05, 0) is 18.5 Å². The minimum absolute atomic E-state index is 0.296. The Morgan fingerprint density at radius 1 is 2.17 bits per heavy atom. The summed E-state index contributed by atoms with van der Waals surface area (Å²) in [5.41, 5.74) is 0. The van der Waals surface area contributed by atoms with Gasteiger partial charge in [-0.25, -0.2) is 0 Å². The van der Waals surface area contributed by atoms with Gasteiger partial charge in [-0.3, -0.25) is 0 Å². The Morgan fingerprint density at radius 3 is 3.17 bits per heavy atom. The van der Waals surface area contributed by atoms with Crippen molar-refractivity contribution < 1.29 is 1.37 Å². The Bertz CT molecular complexity index is 145. The van der Waals surface area contributed by atoms with Gasteiger partial charge in [0.1, 0.15) is 0 Å². The van der Waals surface area contributed by atoms with Crippen LogP contribution in [-0.4, -0.2) is 9.59 Å². The van der Waals surface area contributed by atoms with Gasteiger partial charge in [-0.1, -0.05) is 4.49 Å². The van der Waals surface area contributed by atoms with E-state index in [1.807, 2.05) is 6.92 Å². The zero-order valence-corrected chi connectivity index (χ0v) is 4.12. The third-order valence-electron chi connectivity index (χ3n) is 0.426. The van der Waals surface area contributed by atoms with Gasteiger partial charge < -0.3 is 0 Å². The molecule has 0 aromatic carbocycles. The first-order valence-corrected chi connectivity index (χ1v) is 2.33. The van der Waals surface area contributed by atoms with Crippen molar-refractivity contribution in [2.75, 3.05) is 0 Å². The molecule has 0 fully saturated rings. The molecule has 0 aliphatic rings.